The Kier molecular flexibility index (Phi) is 4.96. The molecule has 4 rings (SSSR count). The largest absolute Gasteiger partial charge is 0.466 e. The molecule has 1 atom stereocenters. The van der Waals surface area contributed by atoms with E-state index in [-0.39, 0.29) is 11.9 Å². The van der Waals surface area contributed by atoms with Gasteiger partial charge in [0.25, 0.3) is 0 Å². The molecular formula is C21H22N4O2. The first kappa shape index (κ1) is 17.4. The summed E-state index contributed by atoms with van der Waals surface area (Å²) in [5.74, 6) is 0.290. The first-order valence-corrected chi connectivity index (χ1v) is 9.35. The molecule has 6 nitrogen and oxygen atoms in total. The lowest BCUT2D eigenvalue weighted by Crippen LogP contribution is -2.40. The number of hydrogen-bond acceptors (Lipinski definition) is 6. The van der Waals surface area contributed by atoms with Crippen LogP contribution in [0.25, 0.3) is 22.0 Å². The fourth-order valence-electron chi connectivity index (χ4n) is 3.62. The Morgan fingerprint density at radius 3 is 2.96 bits per heavy atom. The van der Waals surface area contributed by atoms with E-state index >= 15 is 0 Å². The van der Waals surface area contributed by atoms with E-state index in [4.69, 9.17) is 9.72 Å². The first-order valence-electron chi connectivity index (χ1n) is 9.35. The number of esters is 1. The summed E-state index contributed by atoms with van der Waals surface area (Å²) < 4.78 is 5.18. The molecule has 1 aliphatic heterocycles. The number of anilines is 1. The number of piperidine rings is 1. The summed E-state index contributed by atoms with van der Waals surface area (Å²) in [6.07, 6.45) is 3.44. The SMILES string of the molecule is CCOC(=O)[C@@H]1CCCN(c2nncc(-c3cccc4ccccc34)n2)C1. The molecule has 0 radical (unpaired) electrons. The van der Waals surface area contributed by atoms with E-state index in [2.05, 4.69) is 28.4 Å². The Balaban J connectivity index is 1.63. The molecule has 0 aliphatic carbocycles. The number of rotatable bonds is 4. The van der Waals surface area contributed by atoms with Crippen molar-refractivity contribution in [1.82, 2.24) is 15.2 Å². The molecule has 0 spiro atoms. The molecule has 6 heteroatoms. The van der Waals surface area contributed by atoms with Crippen molar-refractivity contribution in [2.45, 2.75) is 19.8 Å². The average Bonchev–Trinajstić information content (AvgIpc) is 2.74. The van der Waals surface area contributed by atoms with Gasteiger partial charge < -0.3 is 9.64 Å². The number of carbonyl (C=O) groups excluding carboxylic acids is 1. The van der Waals surface area contributed by atoms with Crippen LogP contribution in [0.1, 0.15) is 19.8 Å². The van der Waals surface area contributed by atoms with Gasteiger partial charge >= 0.3 is 5.97 Å². The normalized spacial score (nSPS) is 17.1. The predicted octanol–water partition coefficient (Wildman–Crippen LogP) is 3.47. The Bertz CT molecular complexity index is 954. The number of carbonyl (C=O) groups is 1. The van der Waals surface area contributed by atoms with Crippen LogP contribution in [0, 0.1) is 5.92 Å². The maximum absolute atomic E-state index is 12.1. The Hall–Kier alpha value is -3.02. The third-order valence-corrected chi connectivity index (χ3v) is 4.94. The molecule has 0 bridgehead atoms. The van der Waals surface area contributed by atoms with Gasteiger partial charge in [0.05, 0.1) is 24.4 Å². The molecule has 2 aromatic carbocycles. The van der Waals surface area contributed by atoms with Crippen LogP contribution in [-0.4, -0.2) is 40.8 Å². The fraction of sp³-hybridized carbons (Fsp3) is 0.333. The molecule has 2 heterocycles. The van der Waals surface area contributed by atoms with Crippen molar-refractivity contribution in [1.29, 1.82) is 0 Å². The van der Waals surface area contributed by atoms with Crippen LogP contribution in [0.4, 0.5) is 5.95 Å². The molecule has 1 saturated heterocycles. The zero-order valence-electron chi connectivity index (χ0n) is 15.3. The molecule has 138 valence electrons. The lowest BCUT2D eigenvalue weighted by atomic mass is 9.98. The zero-order chi connectivity index (χ0) is 18.6. The topological polar surface area (TPSA) is 68.2 Å². The molecule has 0 N–H and O–H groups in total. The minimum atomic E-state index is -0.139. The van der Waals surface area contributed by atoms with E-state index in [1.54, 1.807) is 6.20 Å². The van der Waals surface area contributed by atoms with Crippen LogP contribution in [0.2, 0.25) is 0 Å². The van der Waals surface area contributed by atoms with Gasteiger partial charge in [0, 0.05) is 18.7 Å². The number of aromatic nitrogens is 3. The van der Waals surface area contributed by atoms with Crippen LogP contribution in [0.15, 0.2) is 48.7 Å². The molecule has 3 aromatic rings. The summed E-state index contributed by atoms with van der Waals surface area (Å²) in [5, 5.41) is 10.7. The zero-order valence-corrected chi connectivity index (χ0v) is 15.3. The molecule has 0 saturated carbocycles. The lowest BCUT2D eigenvalue weighted by molar-refractivity contribution is -0.148. The fourth-order valence-corrected chi connectivity index (χ4v) is 3.62. The van der Waals surface area contributed by atoms with Gasteiger partial charge in [-0.2, -0.15) is 5.10 Å². The lowest BCUT2D eigenvalue weighted by Gasteiger charge is -2.31. The molecule has 1 fully saturated rings. The third kappa shape index (κ3) is 3.60. The summed E-state index contributed by atoms with van der Waals surface area (Å²) in [7, 11) is 0. The highest BCUT2D eigenvalue weighted by Crippen LogP contribution is 2.28. The van der Waals surface area contributed by atoms with Gasteiger partial charge in [0.1, 0.15) is 0 Å². The maximum atomic E-state index is 12.1. The third-order valence-electron chi connectivity index (χ3n) is 4.94. The number of nitrogens with zero attached hydrogens (tertiary/aromatic N) is 4. The summed E-state index contributed by atoms with van der Waals surface area (Å²) in [5.41, 5.74) is 1.82. The Morgan fingerprint density at radius 1 is 1.22 bits per heavy atom. The van der Waals surface area contributed by atoms with Gasteiger partial charge in [0.2, 0.25) is 5.95 Å². The van der Waals surface area contributed by atoms with E-state index in [0.29, 0.717) is 19.1 Å². The van der Waals surface area contributed by atoms with Gasteiger partial charge in [0.15, 0.2) is 0 Å². The second-order valence-electron chi connectivity index (χ2n) is 6.71. The van der Waals surface area contributed by atoms with Crippen molar-refractivity contribution in [3.05, 3.63) is 48.7 Å². The molecule has 0 unspecified atom stereocenters. The standard InChI is InChI=1S/C21H22N4O2/c1-2-27-20(26)16-9-6-12-25(14-16)21-23-19(13-22-24-21)18-11-5-8-15-7-3-4-10-17(15)18/h3-5,7-8,10-11,13,16H,2,6,9,12,14H2,1H3/t16-/m1/s1. The molecule has 0 amide bonds. The van der Waals surface area contributed by atoms with Gasteiger partial charge in [-0.05, 0) is 30.5 Å². The minimum Gasteiger partial charge on any atom is -0.466 e. The monoisotopic (exact) mass is 362 g/mol. The van der Waals surface area contributed by atoms with Crippen molar-refractivity contribution in [3.63, 3.8) is 0 Å². The van der Waals surface area contributed by atoms with E-state index in [0.717, 1.165) is 41.4 Å². The van der Waals surface area contributed by atoms with E-state index in [9.17, 15) is 4.79 Å². The number of hydrogen-bond donors (Lipinski definition) is 0. The minimum absolute atomic E-state index is 0.136. The van der Waals surface area contributed by atoms with Crippen LogP contribution < -0.4 is 4.90 Å². The highest BCUT2D eigenvalue weighted by molar-refractivity contribution is 5.95. The molecule has 1 aromatic heterocycles. The smallest absolute Gasteiger partial charge is 0.310 e. The summed E-state index contributed by atoms with van der Waals surface area (Å²) in [6, 6.07) is 14.4. The highest BCUT2D eigenvalue weighted by Gasteiger charge is 2.28. The first-order chi connectivity index (χ1) is 13.3. The second kappa shape index (κ2) is 7.70. The van der Waals surface area contributed by atoms with Crippen LogP contribution in [0.5, 0.6) is 0 Å². The van der Waals surface area contributed by atoms with Crippen molar-refractivity contribution >= 4 is 22.7 Å². The van der Waals surface area contributed by atoms with Crippen LogP contribution in [-0.2, 0) is 9.53 Å². The Morgan fingerprint density at radius 2 is 2.07 bits per heavy atom. The van der Waals surface area contributed by atoms with Crippen molar-refractivity contribution in [2.75, 3.05) is 24.6 Å². The Labute approximate surface area is 158 Å². The van der Waals surface area contributed by atoms with E-state index < -0.39 is 0 Å². The average molecular weight is 362 g/mol. The van der Waals surface area contributed by atoms with Crippen LogP contribution in [0.3, 0.4) is 0 Å². The predicted molar refractivity (Wildman–Crippen MR) is 104 cm³/mol. The summed E-state index contributed by atoms with van der Waals surface area (Å²) in [6.45, 7) is 3.62. The van der Waals surface area contributed by atoms with Crippen molar-refractivity contribution < 1.29 is 9.53 Å². The highest BCUT2D eigenvalue weighted by atomic mass is 16.5. The molecule has 27 heavy (non-hydrogen) atoms. The molecular weight excluding hydrogens is 340 g/mol. The molecule has 1 aliphatic rings. The summed E-state index contributed by atoms with van der Waals surface area (Å²) >= 11 is 0. The number of ether oxygens (including phenoxy) is 1. The maximum Gasteiger partial charge on any atom is 0.310 e. The number of benzene rings is 2. The van der Waals surface area contributed by atoms with Gasteiger partial charge in [-0.3, -0.25) is 4.79 Å². The summed E-state index contributed by atoms with van der Waals surface area (Å²) in [4.78, 5) is 18.9. The quantitative estimate of drug-likeness (QED) is 0.662. The number of fused-ring (bicyclic) bond motifs is 1. The second-order valence-corrected chi connectivity index (χ2v) is 6.71. The van der Waals surface area contributed by atoms with E-state index in [1.807, 2.05) is 36.1 Å². The van der Waals surface area contributed by atoms with Crippen molar-refractivity contribution in [2.24, 2.45) is 5.92 Å². The van der Waals surface area contributed by atoms with Gasteiger partial charge in [-0.1, -0.05) is 42.5 Å². The van der Waals surface area contributed by atoms with Crippen LogP contribution >= 0.6 is 0 Å². The van der Waals surface area contributed by atoms with E-state index in [1.165, 1.54) is 0 Å². The van der Waals surface area contributed by atoms with Gasteiger partial charge in [-0.15, -0.1) is 5.10 Å². The van der Waals surface area contributed by atoms with Gasteiger partial charge in [-0.25, -0.2) is 4.98 Å². The van der Waals surface area contributed by atoms with Crippen molar-refractivity contribution in [3.8, 4) is 11.3 Å².